The molecular weight excluding hydrogens is 192 g/mol. The van der Waals surface area contributed by atoms with Crippen LogP contribution in [0.3, 0.4) is 0 Å². The smallest absolute Gasteiger partial charge is 0.252 e. The van der Waals surface area contributed by atoms with Crippen molar-refractivity contribution in [3.63, 3.8) is 0 Å². The average molecular weight is 212 g/mol. The molecular formula is C11H20N2O2. The lowest BCUT2D eigenvalue weighted by Gasteiger charge is -2.39. The number of carbonyl (C=O) groups excluding carboxylic acids is 1. The van der Waals surface area contributed by atoms with E-state index in [1.165, 1.54) is 0 Å². The standard InChI is InChI=1S/C11H20N2O2/c1-9-8-12(2)5-6-13(9)11(14)10-4-3-7-15-10/h9-10H,3-8H2,1-2H3. The summed E-state index contributed by atoms with van der Waals surface area (Å²) < 4.78 is 5.44. The van der Waals surface area contributed by atoms with E-state index in [2.05, 4.69) is 18.9 Å². The van der Waals surface area contributed by atoms with Crippen LogP contribution in [0, 0.1) is 0 Å². The third-order valence-electron chi connectivity index (χ3n) is 3.32. The number of amides is 1. The molecule has 2 atom stereocenters. The maximum Gasteiger partial charge on any atom is 0.252 e. The molecule has 1 amide bonds. The highest BCUT2D eigenvalue weighted by Gasteiger charge is 2.32. The highest BCUT2D eigenvalue weighted by atomic mass is 16.5. The first kappa shape index (κ1) is 10.9. The zero-order valence-electron chi connectivity index (χ0n) is 9.61. The molecule has 4 nitrogen and oxygen atoms in total. The van der Waals surface area contributed by atoms with Gasteiger partial charge in [-0.1, -0.05) is 0 Å². The Morgan fingerprint density at radius 3 is 2.80 bits per heavy atom. The van der Waals surface area contributed by atoms with Crippen molar-refractivity contribution in [3.05, 3.63) is 0 Å². The quantitative estimate of drug-likeness (QED) is 0.628. The van der Waals surface area contributed by atoms with Gasteiger partial charge in [0.15, 0.2) is 0 Å². The van der Waals surface area contributed by atoms with E-state index in [9.17, 15) is 4.79 Å². The summed E-state index contributed by atoms with van der Waals surface area (Å²) in [5, 5.41) is 0. The minimum Gasteiger partial charge on any atom is -0.368 e. The topological polar surface area (TPSA) is 32.8 Å². The molecule has 2 rings (SSSR count). The Labute approximate surface area is 91.2 Å². The molecule has 0 bridgehead atoms. The minimum absolute atomic E-state index is 0.157. The first-order valence-corrected chi connectivity index (χ1v) is 5.79. The molecule has 2 fully saturated rings. The van der Waals surface area contributed by atoms with Crippen molar-refractivity contribution in [2.24, 2.45) is 0 Å². The molecule has 0 radical (unpaired) electrons. The molecule has 2 heterocycles. The summed E-state index contributed by atoms with van der Waals surface area (Å²) in [6, 6.07) is 0.320. The molecule has 2 aliphatic heterocycles. The molecule has 86 valence electrons. The van der Waals surface area contributed by atoms with E-state index in [0.29, 0.717) is 6.04 Å². The van der Waals surface area contributed by atoms with Gasteiger partial charge in [-0.2, -0.15) is 0 Å². The summed E-state index contributed by atoms with van der Waals surface area (Å²) >= 11 is 0. The fourth-order valence-corrected chi connectivity index (χ4v) is 2.42. The largest absolute Gasteiger partial charge is 0.368 e. The first-order valence-electron chi connectivity index (χ1n) is 5.79. The van der Waals surface area contributed by atoms with Gasteiger partial charge >= 0.3 is 0 Å². The van der Waals surface area contributed by atoms with Gasteiger partial charge in [-0.3, -0.25) is 4.79 Å². The number of likely N-dealkylation sites (N-methyl/N-ethyl adjacent to an activating group) is 1. The lowest BCUT2D eigenvalue weighted by atomic mass is 10.1. The van der Waals surface area contributed by atoms with E-state index in [1.54, 1.807) is 0 Å². The molecule has 2 aliphatic rings. The Hall–Kier alpha value is -0.610. The molecule has 0 N–H and O–H groups in total. The molecule has 0 saturated carbocycles. The van der Waals surface area contributed by atoms with Crippen LogP contribution in [0.15, 0.2) is 0 Å². The van der Waals surface area contributed by atoms with Crippen molar-refractivity contribution < 1.29 is 9.53 Å². The summed E-state index contributed by atoms with van der Waals surface area (Å²) in [4.78, 5) is 16.3. The van der Waals surface area contributed by atoms with E-state index in [0.717, 1.165) is 39.1 Å². The number of carbonyl (C=O) groups is 1. The molecule has 0 aromatic rings. The second-order valence-electron chi connectivity index (χ2n) is 4.64. The summed E-state index contributed by atoms with van der Waals surface area (Å²) in [6.45, 7) is 5.65. The number of hydrogen-bond donors (Lipinski definition) is 0. The normalized spacial score (nSPS) is 33.3. The highest BCUT2D eigenvalue weighted by molar-refractivity contribution is 5.81. The third kappa shape index (κ3) is 2.32. The Balaban J connectivity index is 1.94. The van der Waals surface area contributed by atoms with Gasteiger partial charge in [0.1, 0.15) is 6.10 Å². The van der Waals surface area contributed by atoms with Gasteiger partial charge in [0.2, 0.25) is 0 Å². The average Bonchev–Trinajstić information content (AvgIpc) is 2.69. The lowest BCUT2D eigenvalue weighted by molar-refractivity contribution is -0.145. The Bertz CT molecular complexity index is 239. The first-order chi connectivity index (χ1) is 7.18. The van der Waals surface area contributed by atoms with Crippen LogP contribution in [0.2, 0.25) is 0 Å². The molecule has 2 unspecified atom stereocenters. The van der Waals surface area contributed by atoms with Gasteiger partial charge in [0.05, 0.1) is 0 Å². The van der Waals surface area contributed by atoms with Gasteiger partial charge in [-0.15, -0.1) is 0 Å². The van der Waals surface area contributed by atoms with E-state index in [1.807, 2.05) is 4.90 Å². The molecule has 0 aliphatic carbocycles. The van der Waals surface area contributed by atoms with Gasteiger partial charge in [0.25, 0.3) is 5.91 Å². The fourth-order valence-electron chi connectivity index (χ4n) is 2.42. The maximum absolute atomic E-state index is 12.1. The Kier molecular flexibility index (Phi) is 3.26. The van der Waals surface area contributed by atoms with Crippen LogP contribution in [0.25, 0.3) is 0 Å². The summed E-state index contributed by atoms with van der Waals surface area (Å²) in [5.41, 5.74) is 0. The van der Waals surface area contributed by atoms with Crippen LogP contribution in [0.5, 0.6) is 0 Å². The van der Waals surface area contributed by atoms with Crippen molar-refractivity contribution in [1.29, 1.82) is 0 Å². The van der Waals surface area contributed by atoms with Crippen LogP contribution in [-0.4, -0.2) is 61.1 Å². The number of piperazine rings is 1. The van der Waals surface area contributed by atoms with Crippen molar-refractivity contribution in [1.82, 2.24) is 9.80 Å². The molecule has 2 saturated heterocycles. The zero-order chi connectivity index (χ0) is 10.8. The zero-order valence-corrected chi connectivity index (χ0v) is 9.61. The van der Waals surface area contributed by atoms with Crippen molar-refractivity contribution in [2.75, 3.05) is 33.3 Å². The van der Waals surface area contributed by atoms with E-state index >= 15 is 0 Å². The van der Waals surface area contributed by atoms with Crippen molar-refractivity contribution >= 4 is 5.91 Å². The van der Waals surface area contributed by atoms with Gasteiger partial charge in [-0.05, 0) is 26.8 Å². The summed E-state index contributed by atoms with van der Waals surface area (Å²) in [7, 11) is 2.10. The molecule has 15 heavy (non-hydrogen) atoms. The number of rotatable bonds is 1. The second-order valence-corrected chi connectivity index (χ2v) is 4.64. The summed E-state index contributed by atoms with van der Waals surface area (Å²) in [5.74, 6) is 0.202. The number of hydrogen-bond acceptors (Lipinski definition) is 3. The monoisotopic (exact) mass is 212 g/mol. The summed E-state index contributed by atoms with van der Waals surface area (Å²) in [6.07, 6.45) is 1.77. The molecule has 4 heteroatoms. The van der Waals surface area contributed by atoms with E-state index in [-0.39, 0.29) is 12.0 Å². The fraction of sp³-hybridized carbons (Fsp3) is 0.909. The minimum atomic E-state index is -0.157. The predicted molar refractivity (Wildman–Crippen MR) is 57.6 cm³/mol. The van der Waals surface area contributed by atoms with Crippen LogP contribution in [0.4, 0.5) is 0 Å². The van der Waals surface area contributed by atoms with Crippen LogP contribution < -0.4 is 0 Å². The van der Waals surface area contributed by atoms with Crippen molar-refractivity contribution in [3.8, 4) is 0 Å². The van der Waals surface area contributed by atoms with Crippen LogP contribution >= 0.6 is 0 Å². The second kappa shape index (κ2) is 4.49. The number of nitrogens with zero attached hydrogens (tertiary/aromatic N) is 2. The van der Waals surface area contributed by atoms with Crippen molar-refractivity contribution in [2.45, 2.75) is 31.9 Å². The third-order valence-corrected chi connectivity index (χ3v) is 3.32. The predicted octanol–water partition coefficient (Wildman–Crippen LogP) is 0.328. The van der Waals surface area contributed by atoms with Crippen LogP contribution in [-0.2, 0) is 9.53 Å². The van der Waals surface area contributed by atoms with E-state index in [4.69, 9.17) is 4.74 Å². The van der Waals surface area contributed by atoms with Gasteiger partial charge in [-0.25, -0.2) is 0 Å². The molecule has 0 aromatic carbocycles. The molecule has 0 spiro atoms. The van der Waals surface area contributed by atoms with Gasteiger partial charge in [0, 0.05) is 32.3 Å². The highest BCUT2D eigenvalue weighted by Crippen LogP contribution is 2.17. The maximum atomic E-state index is 12.1. The SMILES string of the molecule is CC1CN(C)CCN1C(=O)C1CCCO1. The number of ether oxygens (including phenoxy) is 1. The molecule has 0 aromatic heterocycles. The van der Waals surface area contributed by atoms with Gasteiger partial charge < -0.3 is 14.5 Å². The van der Waals surface area contributed by atoms with Crippen LogP contribution in [0.1, 0.15) is 19.8 Å². The Morgan fingerprint density at radius 2 is 2.20 bits per heavy atom. The Morgan fingerprint density at radius 1 is 1.40 bits per heavy atom. The van der Waals surface area contributed by atoms with E-state index < -0.39 is 0 Å². The lowest BCUT2D eigenvalue weighted by Crippen LogP contribution is -2.55.